The van der Waals surface area contributed by atoms with E-state index in [9.17, 15) is 14.9 Å². The second-order valence-corrected chi connectivity index (χ2v) is 6.15. The Morgan fingerprint density at radius 2 is 1.93 bits per heavy atom. The molecule has 0 radical (unpaired) electrons. The number of anilines is 1. The topological polar surface area (TPSA) is 94.4 Å². The van der Waals surface area contributed by atoms with Crippen LogP contribution in [0.4, 0.5) is 11.5 Å². The van der Waals surface area contributed by atoms with Gasteiger partial charge in [-0.1, -0.05) is 42.5 Å². The highest BCUT2D eigenvalue weighted by molar-refractivity contribution is 5.99. The van der Waals surface area contributed by atoms with Gasteiger partial charge in [0.05, 0.1) is 17.4 Å². The predicted octanol–water partition coefficient (Wildman–Crippen LogP) is 3.65. The Morgan fingerprint density at radius 1 is 1.19 bits per heavy atom. The number of hydrogen-bond donors (Lipinski definition) is 1. The van der Waals surface area contributed by atoms with Gasteiger partial charge in [0, 0.05) is 23.6 Å². The van der Waals surface area contributed by atoms with E-state index in [0.717, 1.165) is 5.56 Å². The maximum Gasteiger partial charge on any atom is 0.328 e. The van der Waals surface area contributed by atoms with Gasteiger partial charge in [0.15, 0.2) is 0 Å². The summed E-state index contributed by atoms with van der Waals surface area (Å²) in [5.41, 5.74) is 1.57. The molecule has 27 heavy (non-hydrogen) atoms. The number of aryl methyl sites for hydroxylation is 1. The van der Waals surface area contributed by atoms with Crippen molar-refractivity contribution >= 4 is 28.2 Å². The number of benzene rings is 2. The lowest BCUT2D eigenvalue weighted by atomic mass is 10.0. The van der Waals surface area contributed by atoms with Gasteiger partial charge in [0.25, 0.3) is 5.69 Å². The smallest absolute Gasteiger partial charge is 0.328 e. The average molecular weight is 365 g/mol. The van der Waals surface area contributed by atoms with Crippen molar-refractivity contribution in [2.75, 3.05) is 12.4 Å². The number of carbonyl (C=O) groups excluding carboxylic acids is 1. The van der Waals surface area contributed by atoms with Crippen LogP contribution in [0.5, 0.6) is 0 Å². The molecule has 0 spiro atoms. The first-order valence-electron chi connectivity index (χ1n) is 8.42. The minimum Gasteiger partial charge on any atom is -0.467 e. The third kappa shape index (κ3) is 4.03. The van der Waals surface area contributed by atoms with Crippen molar-refractivity contribution < 1.29 is 14.5 Å². The summed E-state index contributed by atoms with van der Waals surface area (Å²) in [5.74, 6) is -0.0132. The molecule has 1 unspecified atom stereocenters. The standard InChI is InChI=1S/C20H19N3O4/c1-13-11-16-15(9-6-10-18(16)23(25)26)19(21-13)22-17(20(24)27-2)12-14-7-4-3-5-8-14/h3-11,17H,12H2,1-2H3,(H,21,22). The molecule has 7 heteroatoms. The van der Waals surface area contributed by atoms with Crippen LogP contribution >= 0.6 is 0 Å². The third-order valence-corrected chi connectivity index (χ3v) is 4.26. The van der Waals surface area contributed by atoms with Crippen molar-refractivity contribution in [1.29, 1.82) is 0 Å². The van der Waals surface area contributed by atoms with Crippen molar-refractivity contribution in [1.82, 2.24) is 4.98 Å². The first-order valence-corrected chi connectivity index (χ1v) is 8.42. The van der Waals surface area contributed by atoms with E-state index >= 15 is 0 Å². The summed E-state index contributed by atoms with van der Waals surface area (Å²) in [6, 6.07) is 15.3. The molecular weight excluding hydrogens is 346 g/mol. The first-order chi connectivity index (χ1) is 13.0. The van der Waals surface area contributed by atoms with Crippen molar-refractivity contribution in [3.63, 3.8) is 0 Å². The Labute approximate surface area is 156 Å². The number of nitro benzene ring substituents is 1. The summed E-state index contributed by atoms with van der Waals surface area (Å²) in [6.45, 7) is 1.76. The fourth-order valence-electron chi connectivity index (χ4n) is 3.01. The number of fused-ring (bicyclic) bond motifs is 1. The number of non-ortho nitro benzene ring substituents is 1. The highest BCUT2D eigenvalue weighted by Crippen LogP contribution is 2.30. The second kappa shape index (κ2) is 7.82. The number of esters is 1. The molecule has 0 saturated heterocycles. The maximum absolute atomic E-state index is 12.3. The number of ether oxygens (including phenoxy) is 1. The molecule has 3 aromatic rings. The molecule has 7 nitrogen and oxygen atoms in total. The Kier molecular flexibility index (Phi) is 5.30. The van der Waals surface area contributed by atoms with E-state index in [1.807, 2.05) is 30.3 Å². The van der Waals surface area contributed by atoms with Crippen molar-refractivity contribution in [2.45, 2.75) is 19.4 Å². The molecule has 0 amide bonds. The number of nitro groups is 1. The quantitative estimate of drug-likeness (QED) is 0.407. The number of methoxy groups -OCH3 is 1. The van der Waals surface area contributed by atoms with E-state index in [-0.39, 0.29) is 5.69 Å². The molecule has 0 bridgehead atoms. The Hall–Kier alpha value is -3.48. The van der Waals surface area contributed by atoms with Crippen LogP contribution in [0, 0.1) is 17.0 Å². The number of nitrogens with one attached hydrogen (secondary N) is 1. The van der Waals surface area contributed by atoms with Crippen molar-refractivity contribution in [2.24, 2.45) is 0 Å². The van der Waals surface area contributed by atoms with Crippen LogP contribution in [0.2, 0.25) is 0 Å². The van der Waals surface area contributed by atoms with E-state index < -0.39 is 16.9 Å². The molecular formula is C20H19N3O4. The van der Waals surface area contributed by atoms with E-state index in [0.29, 0.717) is 28.7 Å². The van der Waals surface area contributed by atoms with Gasteiger partial charge < -0.3 is 10.1 Å². The van der Waals surface area contributed by atoms with E-state index in [1.165, 1.54) is 13.2 Å². The van der Waals surface area contributed by atoms with Gasteiger partial charge >= 0.3 is 5.97 Å². The summed E-state index contributed by atoms with van der Waals surface area (Å²) in [6.07, 6.45) is 0.402. The van der Waals surface area contributed by atoms with Gasteiger partial charge in [0.2, 0.25) is 0 Å². The van der Waals surface area contributed by atoms with Crippen LogP contribution in [-0.2, 0) is 16.0 Å². The highest BCUT2D eigenvalue weighted by atomic mass is 16.6. The molecule has 0 fully saturated rings. The van der Waals surface area contributed by atoms with Gasteiger partial charge in [-0.15, -0.1) is 0 Å². The summed E-state index contributed by atoms with van der Waals surface area (Å²) in [7, 11) is 1.33. The van der Waals surface area contributed by atoms with Gasteiger partial charge in [-0.25, -0.2) is 9.78 Å². The summed E-state index contributed by atoms with van der Waals surface area (Å²) in [4.78, 5) is 27.7. The molecule has 138 valence electrons. The van der Waals surface area contributed by atoms with Crippen LogP contribution in [-0.4, -0.2) is 29.0 Å². The molecule has 1 N–H and O–H groups in total. The number of rotatable bonds is 6. The first kappa shape index (κ1) is 18.3. The van der Waals surface area contributed by atoms with E-state index in [4.69, 9.17) is 4.74 Å². The monoisotopic (exact) mass is 365 g/mol. The van der Waals surface area contributed by atoms with Gasteiger partial charge in [-0.2, -0.15) is 0 Å². The zero-order valence-corrected chi connectivity index (χ0v) is 15.0. The van der Waals surface area contributed by atoms with Gasteiger partial charge in [-0.3, -0.25) is 10.1 Å². The number of carbonyl (C=O) groups is 1. The van der Waals surface area contributed by atoms with Gasteiger partial charge in [0.1, 0.15) is 11.9 Å². The second-order valence-electron chi connectivity index (χ2n) is 6.15. The zero-order valence-electron chi connectivity index (χ0n) is 15.0. The van der Waals surface area contributed by atoms with Crippen LogP contribution in [0.15, 0.2) is 54.6 Å². The number of nitrogens with zero attached hydrogens (tertiary/aromatic N) is 2. The number of aromatic nitrogens is 1. The van der Waals surface area contributed by atoms with Crippen LogP contribution in [0.25, 0.3) is 10.8 Å². The lowest BCUT2D eigenvalue weighted by molar-refractivity contribution is -0.383. The molecule has 3 rings (SSSR count). The molecule has 1 aromatic heterocycles. The molecule has 2 aromatic carbocycles. The lowest BCUT2D eigenvalue weighted by Crippen LogP contribution is -2.33. The fourth-order valence-corrected chi connectivity index (χ4v) is 3.01. The normalized spacial score (nSPS) is 11.8. The molecule has 0 aliphatic carbocycles. The third-order valence-electron chi connectivity index (χ3n) is 4.26. The lowest BCUT2D eigenvalue weighted by Gasteiger charge is -2.19. The molecule has 0 aliphatic rings. The minimum atomic E-state index is -0.672. The molecule has 0 saturated carbocycles. The molecule has 1 heterocycles. The SMILES string of the molecule is COC(=O)C(Cc1ccccc1)Nc1nc(C)cc2c([N+](=O)[O-])cccc12. The maximum atomic E-state index is 12.3. The largest absolute Gasteiger partial charge is 0.467 e. The van der Waals surface area contributed by atoms with E-state index in [1.54, 1.807) is 25.1 Å². The Bertz CT molecular complexity index is 989. The molecule has 0 aliphatic heterocycles. The number of hydrogen-bond acceptors (Lipinski definition) is 6. The highest BCUT2D eigenvalue weighted by Gasteiger charge is 2.22. The summed E-state index contributed by atoms with van der Waals surface area (Å²) >= 11 is 0. The fraction of sp³-hybridized carbons (Fsp3) is 0.200. The van der Waals surface area contributed by atoms with Gasteiger partial charge in [-0.05, 0) is 18.6 Å². The summed E-state index contributed by atoms with van der Waals surface area (Å²) in [5, 5.41) is 15.5. The van der Waals surface area contributed by atoms with Crippen LogP contribution < -0.4 is 5.32 Å². The molecule has 1 atom stereocenters. The summed E-state index contributed by atoms with van der Waals surface area (Å²) < 4.78 is 4.92. The van der Waals surface area contributed by atoms with Crippen LogP contribution in [0.3, 0.4) is 0 Å². The average Bonchev–Trinajstić information content (AvgIpc) is 2.67. The Morgan fingerprint density at radius 3 is 2.59 bits per heavy atom. The van der Waals surface area contributed by atoms with Crippen molar-refractivity contribution in [3.05, 3.63) is 76.0 Å². The van der Waals surface area contributed by atoms with Crippen LogP contribution in [0.1, 0.15) is 11.3 Å². The van der Waals surface area contributed by atoms with E-state index in [2.05, 4.69) is 10.3 Å². The zero-order chi connectivity index (χ0) is 19.4. The number of pyridine rings is 1. The predicted molar refractivity (Wildman–Crippen MR) is 103 cm³/mol. The van der Waals surface area contributed by atoms with Crippen molar-refractivity contribution in [3.8, 4) is 0 Å². The Balaban J connectivity index is 2.03. The minimum absolute atomic E-state index is 0.00118.